The Morgan fingerprint density at radius 1 is 0.483 bits per heavy atom. The Hall–Kier alpha value is -0.0400. The molecule has 0 radical (unpaired) electrons. The van der Waals surface area contributed by atoms with Crippen molar-refractivity contribution in [2.45, 2.75) is 151 Å². The standard InChI is InChI=1S/C28H59N/c1-8-11-13-15-17-23-28(6,22-16-14-12-9-2)24-19-26-29(7)25-18-21-27(4,5)20-10-3/h8-26H2,1-7H3. The van der Waals surface area contributed by atoms with Crippen molar-refractivity contribution in [3.05, 3.63) is 0 Å². The molecular weight excluding hydrogens is 350 g/mol. The molecule has 1 unspecified atom stereocenters. The van der Waals surface area contributed by atoms with Crippen LogP contribution in [0.15, 0.2) is 0 Å². The van der Waals surface area contributed by atoms with Crippen LogP contribution in [0.1, 0.15) is 151 Å². The molecule has 0 heterocycles. The van der Waals surface area contributed by atoms with Gasteiger partial charge in [-0.15, -0.1) is 0 Å². The second-order valence-electron chi connectivity index (χ2n) is 11.2. The second kappa shape index (κ2) is 17.6. The topological polar surface area (TPSA) is 3.24 Å². The second-order valence-corrected chi connectivity index (χ2v) is 11.2. The summed E-state index contributed by atoms with van der Waals surface area (Å²) >= 11 is 0. The van der Waals surface area contributed by atoms with Gasteiger partial charge >= 0.3 is 0 Å². The Kier molecular flexibility index (Phi) is 17.6. The number of hydrogen-bond donors (Lipinski definition) is 0. The molecule has 0 aromatic carbocycles. The van der Waals surface area contributed by atoms with E-state index in [1.165, 1.54) is 122 Å². The molecule has 0 aromatic rings. The summed E-state index contributed by atoms with van der Waals surface area (Å²) in [5, 5.41) is 0. The van der Waals surface area contributed by atoms with Gasteiger partial charge in [-0.25, -0.2) is 0 Å². The molecule has 0 spiro atoms. The number of nitrogens with zero attached hydrogens (tertiary/aromatic N) is 1. The molecule has 0 aliphatic heterocycles. The Morgan fingerprint density at radius 3 is 1.45 bits per heavy atom. The van der Waals surface area contributed by atoms with Crippen molar-refractivity contribution in [1.82, 2.24) is 4.90 Å². The Bertz CT molecular complexity index is 348. The summed E-state index contributed by atoms with van der Waals surface area (Å²) in [7, 11) is 2.34. The lowest BCUT2D eigenvalue weighted by Crippen LogP contribution is -2.25. The predicted molar refractivity (Wildman–Crippen MR) is 135 cm³/mol. The minimum Gasteiger partial charge on any atom is -0.306 e. The average molecular weight is 410 g/mol. The van der Waals surface area contributed by atoms with Gasteiger partial charge in [-0.1, -0.05) is 106 Å². The van der Waals surface area contributed by atoms with Crippen molar-refractivity contribution < 1.29 is 0 Å². The zero-order valence-electron chi connectivity index (χ0n) is 21.9. The van der Waals surface area contributed by atoms with Crippen molar-refractivity contribution in [2.24, 2.45) is 10.8 Å². The van der Waals surface area contributed by atoms with Gasteiger partial charge in [0.1, 0.15) is 0 Å². The first kappa shape index (κ1) is 29.0. The van der Waals surface area contributed by atoms with E-state index >= 15 is 0 Å². The van der Waals surface area contributed by atoms with Gasteiger partial charge in [-0.3, -0.25) is 0 Å². The van der Waals surface area contributed by atoms with Gasteiger partial charge in [0, 0.05) is 0 Å². The zero-order valence-corrected chi connectivity index (χ0v) is 21.9. The SMILES string of the molecule is CCCCCCCC(C)(CCCCCC)CCCN(C)CCCC(C)(C)CCC. The lowest BCUT2D eigenvalue weighted by Gasteiger charge is -2.31. The van der Waals surface area contributed by atoms with Crippen molar-refractivity contribution in [2.75, 3.05) is 20.1 Å². The first-order valence-electron chi connectivity index (χ1n) is 13.5. The van der Waals surface area contributed by atoms with Gasteiger partial charge in [0.05, 0.1) is 0 Å². The zero-order chi connectivity index (χ0) is 22.0. The third kappa shape index (κ3) is 17.3. The van der Waals surface area contributed by atoms with Gasteiger partial charge in [0.15, 0.2) is 0 Å². The highest BCUT2D eigenvalue weighted by Crippen LogP contribution is 2.36. The van der Waals surface area contributed by atoms with Crippen LogP contribution >= 0.6 is 0 Å². The molecule has 1 atom stereocenters. The number of unbranched alkanes of at least 4 members (excludes halogenated alkanes) is 7. The third-order valence-electron chi connectivity index (χ3n) is 7.16. The fourth-order valence-corrected chi connectivity index (χ4v) is 5.03. The van der Waals surface area contributed by atoms with Crippen LogP contribution in [0.3, 0.4) is 0 Å². The van der Waals surface area contributed by atoms with Crippen LogP contribution in [0.2, 0.25) is 0 Å². The van der Waals surface area contributed by atoms with E-state index < -0.39 is 0 Å². The molecule has 1 nitrogen and oxygen atoms in total. The maximum atomic E-state index is 2.60. The number of hydrogen-bond acceptors (Lipinski definition) is 1. The van der Waals surface area contributed by atoms with E-state index in [9.17, 15) is 0 Å². The molecule has 0 N–H and O–H groups in total. The van der Waals surface area contributed by atoms with E-state index in [1.54, 1.807) is 0 Å². The Labute approximate surface area is 186 Å². The van der Waals surface area contributed by atoms with Crippen molar-refractivity contribution in [3.63, 3.8) is 0 Å². The summed E-state index contributed by atoms with van der Waals surface area (Å²) in [6, 6.07) is 0. The lowest BCUT2D eigenvalue weighted by atomic mass is 9.76. The maximum absolute atomic E-state index is 2.60. The highest BCUT2D eigenvalue weighted by Gasteiger charge is 2.23. The molecule has 0 rings (SSSR count). The highest BCUT2D eigenvalue weighted by molar-refractivity contribution is 4.76. The lowest BCUT2D eigenvalue weighted by molar-refractivity contribution is 0.204. The van der Waals surface area contributed by atoms with Crippen molar-refractivity contribution >= 4 is 0 Å². The molecule has 29 heavy (non-hydrogen) atoms. The monoisotopic (exact) mass is 409 g/mol. The smallest absolute Gasteiger partial charge is 0.00216 e. The molecule has 0 aromatic heterocycles. The van der Waals surface area contributed by atoms with Crippen LogP contribution in [0, 0.1) is 10.8 Å². The first-order chi connectivity index (χ1) is 13.8. The maximum Gasteiger partial charge on any atom is -0.00216 e. The fraction of sp³-hybridized carbons (Fsp3) is 1.00. The minimum atomic E-state index is 0.532. The molecule has 0 aliphatic rings. The largest absolute Gasteiger partial charge is 0.306 e. The van der Waals surface area contributed by atoms with Crippen LogP contribution in [0.25, 0.3) is 0 Å². The molecule has 176 valence electrons. The molecule has 0 bridgehead atoms. The van der Waals surface area contributed by atoms with Crippen LogP contribution in [-0.2, 0) is 0 Å². The predicted octanol–water partition coefficient (Wildman–Crippen LogP) is 9.64. The quantitative estimate of drug-likeness (QED) is 0.170. The summed E-state index contributed by atoms with van der Waals surface area (Å²) in [6.07, 6.45) is 23.9. The summed E-state index contributed by atoms with van der Waals surface area (Å²) in [5.41, 5.74) is 1.12. The molecule has 0 saturated carbocycles. The molecule has 1 heteroatoms. The van der Waals surface area contributed by atoms with Crippen molar-refractivity contribution in [3.8, 4) is 0 Å². The fourth-order valence-electron chi connectivity index (χ4n) is 5.03. The summed E-state index contributed by atoms with van der Waals surface area (Å²) in [5.74, 6) is 0. The minimum absolute atomic E-state index is 0.532. The summed E-state index contributed by atoms with van der Waals surface area (Å²) in [6.45, 7) is 17.0. The van der Waals surface area contributed by atoms with Crippen LogP contribution in [0.4, 0.5) is 0 Å². The van der Waals surface area contributed by atoms with E-state index in [4.69, 9.17) is 0 Å². The Balaban J connectivity index is 4.22. The van der Waals surface area contributed by atoms with Crippen LogP contribution in [-0.4, -0.2) is 25.0 Å². The molecule has 0 aliphatic carbocycles. The van der Waals surface area contributed by atoms with Gasteiger partial charge < -0.3 is 4.90 Å². The molecule has 0 amide bonds. The Morgan fingerprint density at radius 2 is 0.931 bits per heavy atom. The summed E-state index contributed by atoms with van der Waals surface area (Å²) < 4.78 is 0. The third-order valence-corrected chi connectivity index (χ3v) is 7.16. The van der Waals surface area contributed by atoms with E-state index in [-0.39, 0.29) is 0 Å². The van der Waals surface area contributed by atoms with E-state index in [0.29, 0.717) is 10.8 Å². The van der Waals surface area contributed by atoms with E-state index in [2.05, 4.69) is 53.5 Å². The molecule has 0 saturated heterocycles. The van der Waals surface area contributed by atoms with Gasteiger partial charge in [-0.05, 0) is 75.9 Å². The van der Waals surface area contributed by atoms with Crippen molar-refractivity contribution in [1.29, 1.82) is 0 Å². The van der Waals surface area contributed by atoms with Crippen LogP contribution < -0.4 is 0 Å². The van der Waals surface area contributed by atoms with Crippen LogP contribution in [0.5, 0.6) is 0 Å². The first-order valence-corrected chi connectivity index (χ1v) is 13.5. The van der Waals surface area contributed by atoms with E-state index in [1.807, 2.05) is 0 Å². The normalized spacial score (nSPS) is 14.5. The molecule has 0 fully saturated rings. The summed E-state index contributed by atoms with van der Waals surface area (Å²) in [4.78, 5) is 2.60. The van der Waals surface area contributed by atoms with Gasteiger partial charge in [-0.2, -0.15) is 0 Å². The average Bonchev–Trinajstić information content (AvgIpc) is 2.65. The van der Waals surface area contributed by atoms with Gasteiger partial charge in [0.25, 0.3) is 0 Å². The van der Waals surface area contributed by atoms with Gasteiger partial charge in [0.2, 0.25) is 0 Å². The van der Waals surface area contributed by atoms with E-state index in [0.717, 1.165) is 0 Å². The number of rotatable bonds is 21. The highest BCUT2D eigenvalue weighted by atomic mass is 15.1. The molecular formula is C28H59N.